The van der Waals surface area contributed by atoms with Crippen LogP contribution in [0.15, 0.2) is 29.2 Å². The van der Waals surface area contributed by atoms with Gasteiger partial charge in [0.15, 0.2) is 6.61 Å². The molecule has 26 heavy (non-hydrogen) atoms. The van der Waals surface area contributed by atoms with E-state index in [0.29, 0.717) is 23.9 Å². The summed E-state index contributed by atoms with van der Waals surface area (Å²) in [6, 6.07) is 7.31. The van der Waals surface area contributed by atoms with Gasteiger partial charge >= 0.3 is 5.97 Å². The number of hydrogen-bond donors (Lipinski definition) is 0. The molecule has 1 heterocycles. The normalized spacial score (nSPS) is 15.7. The van der Waals surface area contributed by atoms with Crippen molar-refractivity contribution in [2.75, 3.05) is 44.8 Å². The van der Waals surface area contributed by atoms with E-state index >= 15 is 0 Å². The predicted molar refractivity (Wildman–Crippen MR) is 101 cm³/mol. The first-order valence-electron chi connectivity index (χ1n) is 8.02. The summed E-state index contributed by atoms with van der Waals surface area (Å²) >= 11 is 7.31. The molecule has 1 saturated heterocycles. The lowest BCUT2D eigenvalue weighted by Crippen LogP contribution is -2.51. The highest BCUT2D eigenvalue weighted by molar-refractivity contribution is 7.99. The van der Waals surface area contributed by atoms with Gasteiger partial charge in [-0.3, -0.25) is 9.59 Å². The molecule has 1 aliphatic heterocycles. The molecule has 1 aliphatic rings. The number of ether oxygens (including phenoxy) is 1. The zero-order valence-corrected chi connectivity index (χ0v) is 16.8. The third-order valence-corrected chi connectivity index (χ3v) is 6.37. The second kappa shape index (κ2) is 9.59. The van der Waals surface area contributed by atoms with E-state index < -0.39 is 16.0 Å². The Bertz CT molecular complexity index is 732. The van der Waals surface area contributed by atoms with E-state index in [1.165, 1.54) is 21.0 Å². The molecular weight excluding hydrogens is 400 g/mol. The van der Waals surface area contributed by atoms with Gasteiger partial charge in [-0.2, -0.15) is 4.31 Å². The lowest BCUT2D eigenvalue weighted by molar-refractivity contribution is -0.152. The van der Waals surface area contributed by atoms with E-state index in [4.69, 9.17) is 16.3 Å². The van der Waals surface area contributed by atoms with Gasteiger partial charge in [0.05, 0.1) is 12.7 Å². The number of sulfonamides is 1. The lowest BCUT2D eigenvalue weighted by atomic mass is 10.3. The lowest BCUT2D eigenvalue weighted by Gasteiger charge is -2.33. The van der Waals surface area contributed by atoms with Crippen LogP contribution in [0.5, 0.6) is 0 Å². The maximum atomic E-state index is 12.0. The van der Waals surface area contributed by atoms with Crippen molar-refractivity contribution in [2.45, 2.75) is 11.3 Å². The number of piperazine rings is 1. The number of amides is 1. The van der Waals surface area contributed by atoms with E-state index in [1.54, 1.807) is 12.1 Å². The maximum absolute atomic E-state index is 12.0. The van der Waals surface area contributed by atoms with Crippen molar-refractivity contribution < 1.29 is 22.7 Å². The van der Waals surface area contributed by atoms with Crippen molar-refractivity contribution in [3.63, 3.8) is 0 Å². The summed E-state index contributed by atoms with van der Waals surface area (Å²) in [5.74, 6) is -0.201. The first kappa shape index (κ1) is 21.0. The number of rotatable bonds is 7. The van der Waals surface area contributed by atoms with Crippen LogP contribution in [0.1, 0.15) is 6.42 Å². The summed E-state index contributed by atoms with van der Waals surface area (Å²) < 4.78 is 29.2. The van der Waals surface area contributed by atoms with Gasteiger partial charge in [0.2, 0.25) is 10.0 Å². The third kappa shape index (κ3) is 6.79. The topological polar surface area (TPSA) is 84.0 Å². The monoisotopic (exact) mass is 420 g/mol. The molecule has 1 fully saturated rings. The highest BCUT2D eigenvalue weighted by atomic mass is 35.5. The molecule has 0 aromatic heterocycles. The quantitative estimate of drug-likeness (QED) is 0.490. The molecular formula is C16H21ClN2O5S2. The molecule has 0 atom stereocenters. The molecule has 0 unspecified atom stereocenters. The number of carbonyl (C=O) groups is 2. The van der Waals surface area contributed by atoms with Crippen LogP contribution in [0.4, 0.5) is 0 Å². The fourth-order valence-corrected chi connectivity index (χ4v) is 4.14. The molecule has 0 bridgehead atoms. The highest BCUT2D eigenvalue weighted by Gasteiger charge is 2.26. The first-order chi connectivity index (χ1) is 12.3. The smallest absolute Gasteiger partial charge is 0.307 e. The number of benzene rings is 1. The van der Waals surface area contributed by atoms with Gasteiger partial charge in [-0.05, 0) is 24.3 Å². The summed E-state index contributed by atoms with van der Waals surface area (Å²) in [6.45, 7) is 0.807. The molecule has 2 rings (SSSR count). The maximum Gasteiger partial charge on any atom is 0.307 e. The predicted octanol–water partition coefficient (Wildman–Crippen LogP) is 1.47. The van der Waals surface area contributed by atoms with Crippen molar-refractivity contribution in [3.05, 3.63) is 29.3 Å². The van der Waals surface area contributed by atoms with Gasteiger partial charge in [0, 0.05) is 41.8 Å². The molecule has 0 N–H and O–H groups in total. The van der Waals surface area contributed by atoms with E-state index in [1.807, 2.05) is 12.1 Å². The van der Waals surface area contributed by atoms with Crippen molar-refractivity contribution in [1.82, 2.24) is 9.21 Å². The van der Waals surface area contributed by atoms with Crippen molar-refractivity contribution in [2.24, 2.45) is 0 Å². The van der Waals surface area contributed by atoms with Crippen LogP contribution < -0.4 is 0 Å². The summed E-state index contributed by atoms with van der Waals surface area (Å²) in [5, 5.41) is 0.657. The van der Waals surface area contributed by atoms with Crippen molar-refractivity contribution in [1.29, 1.82) is 0 Å². The van der Waals surface area contributed by atoms with Crippen LogP contribution >= 0.6 is 23.4 Å². The van der Waals surface area contributed by atoms with Gasteiger partial charge in [0.25, 0.3) is 5.91 Å². The van der Waals surface area contributed by atoms with Crippen LogP contribution in [0, 0.1) is 0 Å². The van der Waals surface area contributed by atoms with Crippen LogP contribution in [0.25, 0.3) is 0 Å². The third-order valence-electron chi connectivity index (χ3n) is 3.81. The SMILES string of the molecule is CS(=O)(=O)N1CCN(C(=O)COC(=O)CCSc2ccc(Cl)cc2)CC1. The summed E-state index contributed by atoms with van der Waals surface area (Å²) in [4.78, 5) is 26.3. The molecule has 0 saturated carbocycles. The average molecular weight is 421 g/mol. The zero-order valence-electron chi connectivity index (χ0n) is 14.4. The number of carbonyl (C=O) groups excluding carboxylic acids is 2. The van der Waals surface area contributed by atoms with Crippen LogP contribution in [-0.4, -0.2) is 74.3 Å². The minimum atomic E-state index is -3.24. The van der Waals surface area contributed by atoms with E-state index in [-0.39, 0.29) is 32.0 Å². The Morgan fingerprint density at radius 1 is 1.15 bits per heavy atom. The van der Waals surface area contributed by atoms with Gasteiger partial charge in [-0.15, -0.1) is 11.8 Å². The van der Waals surface area contributed by atoms with Crippen LogP contribution in [-0.2, 0) is 24.3 Å². The van der Waals surface area contributed by atoms with Gasteiger partial charge in [-0.1, -0.05) is 11.6 Å². The number of esters is 1. The summed E-state index contributed by atoms with van der Waals surface area (Å²) in [5.41, 5.74) is 0. The number of hydrogen-bond acceptors (Lipinski definition) is 6. The molecule has 10 heteroatoms. The Morgan fingerprint density at radius 2 is 1.77 bits per heavy atom. The Hall–Kier alpha value is -1.29. The van der Waals surface area contributed by atoms with Gasteiger partial charge in [0.1, 0.15) is 0 Å². The number of thioether (sulfide) groups is 1. The number of nitrogens with zero attached hydrogens (tertiary/aromatic N) is 2. The van der Waals surface area contributed by atoms with Crippen molar-refractivity contribution >= 4 is 45.3 Å². The fraction of sp³-hybridized carbons (Fsp3) is 0.500. The number of halogens is 1. The minimum Gasteiger partial charge on any atom is -0.456 e. The highest BCUT2D eigenvalue weighted by Crippen LogP contribution is 2.21. The summed E-state index contributed by atoms with van der Waals surface area (Å²) in [7, 11) is -3.24. The Balaban J connectivity index is 1.64. The second-order valence-electron chi connectivity index (χ2n) is 5.76. The molecule has 7 nitrogen and oxygen atoms in total. The largest absolute Gasteiger partial charge is 0.456 e. The molecule has 0 aliphatic carbocycles. The Morgan fingerprint density at radius 3 is 2.35 bits per heavy atom. The van der Waals surface area contributed by atoms with Crippen molar-refractivity contribution in [3.8, 4) is 0 Å². The van der Waals surface area contributed by atoms with Gasteiger partial charge < -0.3 is 9.64 Å². The molecule has 1 aromatic rings. The minimum absolute atomic E-state index is 0.197. The molecule has 0 spiro atoms. The summed E-state index contributed by atoms with van der Waals surface area (Å²) in [6.07, 6.45) is 1.34. The molecule has 1 amide bonds. The van der Waals surface area contributed by atoms with Gasteiger partial charge in [-0.25, -0.2) is 8.42 Å². The van der Waals surface area contributed by atoms with Crippen LogP contribution in [0.3, 0.4) is 0 Å². The second-order valence-corrected chi connectivity index (χ2v) is 9.34. The van der Waals surface area contributed by atoms with Crippen LogP contribution in [0.2, 0.25) is 5.02 Å². The molecule has 144 valence electrons. The van der Waals surface area contributed by atoms with E-state index in [2.05, 4.69) is 0 Å². The molecule has 1 aromatic carbocycles. The average Bonchev–Trinajstić information content (AvgIpc) is 2.61. The van der Waals surface area contributed by atoms with E-state index in [9.17, 15) is 18.0 Å². The first-order valence-corrected chi connectivity index (χ1v) is 11.2. The Kier molecular flexibility index (Phi) is 7.75. The zero-order chi connectivity index (χ0) is 19.2. The fourth-order valence-electron chi connectivity index (χ4n) is 2.36. The standard InChI is InChI=1S/C16H21ClN2O5S2/c1-26(22,23)19-9-7-18(8-10-19)15(20)12-24-16(21)6-11-25-14-4-2-13(17)3-5-14/h2-5H,6-12H2,1H3. The Labute approximate surface area is 162 Å². The molecule has 0 radical (unpaired) electrons. The van der Waals surface area contributed by atoms with E-state index in [0.717, 1.165) is 11.2 Å².